The lowest BCUT2D eigenvalue weighted by molar-refractivity contribution is 0.742. The number of aromatic nitrogens is 2. The van der Waals surface area contributed by atoms with Gasteiger partial charge in [-0.3, -0.25) is 0 Å². The van der Waals surface area contributed by atoms with E-state index in [-0.39, 0.29) is 0 Å². The van der Waals surface area contributed by atoms with E-state index in [1.54, 1.807) is 0 Å². The maximum atomic E-state index is 4.66. The fraction of sp³-hybridized carbons (Fsp3) is 0.200. The monoisotopic (exact) mass is 364 g/mol. The number of fused-ring (bicyclic) bond motifs is 1. The molecule has 2 aliphatic rings. The molecule has 0 fully saturated rings. The molecule has 0 amide bonds. The van der Waals surface area contributed by atoms with E-state index in [0.29, 0.717) is 16.6 Å². The first kappa shape index (κ1) is 14.6. The van der Waals surface area contributed by atoms with E-state index in [4.69, 9.17) is 0 Å². The molecule has 3 heteroatoms. The Hall–Kier alpha value is -2.00. The highest BCUT2D eigenvalue weighted by Gasteiger charge is 2.19. The first-order valence-corrected chi connectivity index (χ1v) is 8.74. The van der Waals surface area contributed by atoms with Crippen LogP contribution in [0, 0.1) is 5.92 Å². The number of rotatable bonds is 2. The van der Waals surface area contributed by atoms with Crippen LogP contribution in [0.1, 0.15) is 24.5 Å². The number of halogens is 1. The number of benzene rings is 1. The van der Waals surface area contributed by atoms with Gasteiger partial charge in [0.2, 0.25) is 0 Å². The molecule has 23 heavy (non-hydrogen) atoms. The second kappa shape index (κ2) is 6.25. The molecule has 0 aliphatic heterocycles. The molecule has 1 heterocycles. The zero-order chi connectivity index (χ0) is 15.6. The van der Waals surface area contributed by atoms with Crippen molar-refractivity contribution >= 4 is 26.8 Å². The van der Waals surface area contributed by atoms with Crippen molar-refractivity contribution in [3.63, 3.8) is 0 Å². The lowest BCUT2D eigenvalue weighted by Gasteiger charge is -2.21. The normalized spacial score (nSPS) is 23.3. The van der Waals surface area contributed by atoms with Crippen molar-refractivity contribution < 1.29 is 0 Å². The van der Waals surface area contributed by atoms with Crippen molar-refractivity contribution in [2.24, 2.45) is 5.92 Å². The molecule has 0 N–H and O–H groups in total. The predicted octanol–water partition coefficient (Wildman–Crippen LogP) is 5.49. The van der Waals surface area contributed by atoms with Gasteiger partial charge < -0.3 is 0 Å². The molecule has 0 spiro atoms. The summed E-state index contributed by atoms with van der Waals surface area (Å²) in [6.07, 6.45) is 17.8. The Labute approximate surface area is 144 Å². The first-order chi connectivity index (χ1) is 11.3. The smallest absolute Gasteiger partial charge is 0.197 e. The topological polar surface area (TPSA) is 25.8 Å². The Balaban J connectivity index is 1.64. The van der Waals surface area contributed by atoms with Crippen molar-refractivity contribution in [1.29, 1.82) is 0 Å². The van der Waals surface area contributed by atoms with Crippen LogP contribution < -0.4 is 0 Å². The Morgan fingerprint density at radius 3 is 2.65 bits per heavy atom. The van der Waals surface area contributed by atoms with Gasteiger partial charge >= 0.3 is 0 Å². The molecule has 2 atom stereocenters. The molecule has 0 radical (unpaired) electrons. The minimum atomic E-state index is 0.311. The maximum Gasteiger partial charge on any atom is 0.197 e. The van der Waals surface area contributed by atoms with Gasteiger partial charge in [0.15, 0.2) is 4.73 Å². The van der Waals surface area contributed by atoms with E-state index < -0.39 is 0 Å². The zero-order valence-corrected chi connectivity index (χ0v) is 14.3. The molecule has 2 aliphatic carbocycles. The van der Waals surface area contributed by atoms with Crippen molar-refractivity contribution in [3.05, 3.63) is 82.8 Å². The van der Waals surface area contributed by atoms with Crippen LogP contribution in [-0.2, 0) is 0 Å². The highest BCUT2D eigenvalue weighted by molar-refractivity contribution is 9.10. The zero-order valence-electron chi connectivity index (χ0n) is 12.7. The minimum absolute atomic E-state index is 0.311. The number of nitrogens with zero attached hydrogens (tertiary/aromatic N) is 2. The Kier molecular flexibility index (Phi) is 3.96. The van der Waals surface area contributed by atoms with Crippen LogP contribution in [0.25, 0.3) is 10.9 Å². The highest BCUT2D eigenvalue weighted by atomic mass is 79.9. The molecule has 1 aromatic carbocycles. The van der Waals surface area contributed by atoms with Crippen LogP contribution in [0.5, 0.6) is 0 Å². The van der Waals surface area contributed by atoms with Crippen molar-refractivity contribution in [2.75, 3.05) is 0 Å². The average molecular weight is 365 g/mol. The number of para-hydroxylation sites is 1. The number of allylic oxidation sites excluding steroid dienone is 8. The van der Waals surface area contributed by atoms with Gasteiger partial charge in [0, 0.05) is 17.2 Å². The van der Waals surface area contributed by atoms with Crippen molar-refractivity contribution in [2.45, 2.75) is 18.8 Å². The van der Waals surface area contributed by atoms with Gasteiger partial charge in [-0.1, -0.05) is 60.7 Å². The van der Waals surface area contributed by atoms with Gasteiger partial charge in [0.05, 0.1) is 11.2 Å². The lowest BCUT2D eigenvalue weighted by atomic mass is 9.84. The summed E-state index contributed by atoms with van der Waals surface area (Å²) in [5, 5.41) is 1.14. The lowest BCUT2D eigenvalue weighted by Crippen LogP contribution is -2.07. The molecule has 2 unspecified atom stereocenters. The second-order valence-corrected chi connectivity index (χ2v) is 6.66. The summed E-state index contributed by atoms with van der Waals surface area (Å²) in [6, 6.07) is 8.22. The van der Waals surface area contributed by atoms with E-state index >= 15 is 0 Å². The third kappa shape index (κ3) is 2.93. The van der Waals surface area contributed by atoms with E-state index in [9.17, 15) is 0 Å². The molecule has 2 aromatic rings. The summed E-state index contributed by atoms with van der Waals surface area (Å²) in [7, 11) is 0. The van der Waals surface area contributed by atoms with Crippen molar-refractivity contribution in [3.8, 4) is 0 Å². The Morgan fingerprint density at radius 2 is 1.87 bits per heavy atom. The van der Waals surface area contributed by atoms with E-state index in [2.05, 4.69) is 80.6 Å². The predicted molar refractivity (Wildman–Crippen MR) is 98.2 cm³/mol. The summed E-state index contributed by atoms with van der Waals surface area (Å²) in [5.74, 6) is 0.831. The third-order valence-electron chi connectivity index (χ3n) is 4.49. The quantitative estimate of drug-likeness (QED) is 0.658. The SMILES string of the molecule is Brc1nc(C2C=CC(C3C=CC=CC3)=CC2)c2ccccc2n1. The van der Waals surface area contributed by atoms with Crippen LogP contribution in [-0.4, -0.2) is 9.97 Å². The average Bonchev–Trinajstić information content (AvgIpc) is 2.62. The Bertz CT molecular complexity index is 861. The molecular formula is C20H17BrN2. The third-order valence-corrected chi connectivity index (χ3v) is 4.85. The van der Waals surface area contributed by atoms with Crippen LogP contribution in [0.3, 0.4) is 0 Å². The Morgan fingerprint density at radius 1 is 0.957 bits per heavy atom. The van der Waals surface area contributed by atoms with Gasteiger partial charge in [-0.15, -0.1) is 0 Å². The number of hydrogen-bond donors (Lipinski definition) is 0. The van der Waals surface area contributed by atoms with Gasteiger partial charge in [0.1, 0.15) is 0 Å². The van der Waals surface area contributed by atoms with Gasteiger partial charge in [-0.2, -0.15) is 0 Å². The van der Waals surface area contributed by atoms with Crippen LogP contribution in [0.4, 0.5) is 0 Å². The summed E-state index contributed by atoms with van der Waals surface area (Å²) in [4.78, 5) is 9.13. The van der Waals surface area contributed by atoms with Crippen LogP contribution in [0.15, 0.2) is 77.1 Å². The van der Waals surface area contributed by atoms with Gasteiger partial charge in [0.25, 0.3) is 0 Å². The highest BCUT2D eigenvalue weighted by Crippen LogP contribution is 2.34. The largest absolute Gasteiger partial charge is 0.226 e. The summed E-state index contributed by atoms with van der Waals surface area (Å²) in [5.41, 5.74) is 3.51. The molecule has 114 valence electrons. The summed E-state index contributed by atoms with van der Waals surface area (Å²) in [6.45, 7) is 0. The fourth-order valence-electron chi connectivity index (χ4n) is 3.30. The van der Waals surface area contributed by atoms with Crippen molar-refractivity contribution in [1.82, 2.24) is 9.97 Å². The molecule has 0 saturated carbocycles. The second-order valence-electron chi connectivity index (χ2n) is 5.96. The molecular weight excluding hydrogens is 348 g/mol. The minimum Gasteiger partial charge on any atom is -0.226 e. The van der Waals surface area contributed by atoms with Crippen LogP contribution in [0.2, 0.25) is 0 Å². The molecule has 0 bridgehead atoms. The standard InChI is InChI=1S/C20H17BrN2/c21-20-22-18-9-5-4-8-17(18)19(23-20)16-12-10-15(11-13-16)14-6-2-1-3-7-14/h1-6,8-12,14,16H,7,13H2. The first-order valence-electron chi connectivity index (χ1n) is 7.95. The molecule has 2 nitrogen and oxygen atoms in total. The maximum absolute atomic E-state index is 4.66. The number of hydrogen-bond acceptors (Lipinski definition) is 2. The molecule has 1 aromatic heterocycles. The van der Waals surface area contributed by atoms with E-state index in [0.717, 1.165) is 29.4 Å². The van der Waals surface area contributed by atoms with E-state index in [1.165, 1.54) is 5.57 Å². The molecule has 0 saturated heterocycles. The molecule has 4 rings (SSSR count). The van der Waals surface area contributed by atoms with Gasteiger partial charge in [-0.25, -0.2) is 9.97 Å². The summed E-state index contributed by atoms with van der Waals surface area (Å²) >= 11 is 3.45. The van der Waals surface area contributed by atoms with Gasteiger partial charge in [-0.05, 0) is 40.4 Å². The van der Waals surface area contributed by atoms with Crippen LogP contribution >= 0.6 is 15.9 Å². The fourth-order valence-corrected chi connectivity index (χ4v) is 3.68. The summed E-state index contributed by atoms with van der Waals surface area (Å²) < 4.78 is 0.662. The van der Waals surface area contributed by atoms with E-state index in [1.807, 2.05) is 12.1 Å².